The van der Waals surface area contributed by atoms with Crippen LogP contribution in [0.1, 0.15) is 73.6 Å². The molecule has 1 unspecified atom stereocenters. The average Bonchev–Trinajstić information content (AvgIpc) is 2.76. The molecule has 1 fully saturated rings. The van der Waals surface area contributed by atoms with Crippen LogP contribution < -0.4 is 0 Å². The molecule has 0 spiro atoms. The van der Waals surface area contributed by atoms with Crippen molar-refractivity contribution in [2.24, 2.45) is 0 Å². The standard InChI is InChI=1S/C13H28NO.2C2H6/c1-5-7-8-11-15-13(6-2)9-10-14(3,4)12-13;2*1-2/h5-12H2,1-4H3;2*1-2H3/q+1;;. The van der Waals surface area contributed by atoms with Gasteiger partial charge in [-0.15, -0.1) is 0 Å². The molecular formula is C17H40NO+. The summed E-state index contributed by atoms with van der Waals surface area (Å²) in [4.78, 5) is 0. The number of likely N-dealkylation sites (N-methyl/N-ethyl adjacent to an activating group) is 1. The fourth-order valence-corrected chi connectivity index (χ4v) is 2.59. The molecule has 2 nitrogen and oxygen atoms in total. The highest BCUT2D eigenvalue weighted by Gasteiger charge is 2.43. The molecule has 0 aliphatic carbocycles. The Bertz CT molecular complexity index is 192. The molecule has 0 radical (unpaired) electrons. The summed E-state index contributed by atoms with van der Waals surface area (Å²) < 4.78 is 7.29. The molecule has 1 rings (SSSR count). The van der Waals surface area contributed by atoms with E-state index in [2.05, 4.69) is 27.9 Å². The second-order valence-corrected chi connectivity index (χ2v) is 5.66. The summed E-state index contributed by atoms with van der Waals surface area (Å²) in [7, 11) is 4.62. The first-order valence-electron chi connectivity index (χ1n) is 8.49. The van der Waals surface area contributed by atoms with Crippen LogP contribution >= 0.6 is 0 Å². The van der Waals surface area contributed by atoms with Crippen LogP contribution in [0.3, 0.4) is 0 Å². The lowest BCUT2D eigenvalue weighted by Crippen LogP contribution is -2.43. The third-order valence-corrected chi connectivity index (χ3v) is 3.69. The van der Waals surface area contributed by atoms with Gasteiger partial charge in [-0.2, -0.15) is 0 Å². The van der Waals surface area contributed by atoms with E-state index in [1.807, 2.05) is 27.7 Å². The molecule has 1 atom stereocenters. The highest BCUT2D eigenvalue weighted by molar-refractivity contribution is 4.83. The predicted molar refractivity (Wildman–Crippen MR) is 87.7 cm³/mol. The first-order valence-corrected chi connectivity index (χ1v) is 8.49. The minimum Gasteiger partial charge on any atom is -0.369 e. The van der Waals surface area contributed by atoms with Gasteiger partial charge in [-0.1, -0.05) is 54.4 Å². The van der Waals surface area contributed by atoms with Crippen molar-refractivity contribution in [2.45, 2.75) is 79.2 Å². The molecule has 0 aromatic heterocycles. The zero-order chi connectivity index (χ0) is 15.4. The average molecular weight is 275 g/mol. The smallest absolute Gasteiger partial charge is 0.122 e. The second kappa shape index (κ2) is 11.7. The number of hydrogen-bond acceptors (Lipinski definition) is 1. The lowest BCUT2D eigenvalue weighted by molar-refractivity contribution is -0.880. The molecule has 0 saturated carbocycles. The summed E-state index contributed by atoms with van der Waals surface area (Å²) in [6.45, 7) is 15.9. The normalized spacial score (nSPS) is 24.0. The van der Waals surface area contributed by atoms with Gasteiger partial charge in [-0.05, 0) is 12.8 Å². The molecule has 1 saturated heterocycles. The Morgan fingerprint density at radius 2 is 1.58 bits per heavy atom. The van der Waals surface area contributed by atoms with Gasteiger partial charge >= 0.3 is 0 Å². The second-order valence-electron chi connectivity index (χ2n) is 5.66. The van der Waals surface area contributed by atoms with Gasteiger partial charge in [0.25, 0.3) is 0 Å². The molecule has 1 heterocycles. The van der Waals surface area contributed by atoms with Crippen LogP contribution in [0.2, 0.25) is 0 Å². The SMILES string of the molecule is CC.CC.CCCCCOC1(CC)CC[N+](C)(C)C1. The van der Waals surface area contributed by atoms with Gasteiger partial charge in [0.05, 0.1) is 20.6 Å². The highest BCUT2D eigenvalue weighted by atomic mass is 16.5. The maximum Gasteiger partial charge on any atom is 0.122 e. The summed E-state index contributed by atoms with van der Waals surface area (Å²) in [5, 5.41) is 0. The fraction of sp³-hybridized carbons (Fsp3) is 1.00. The molecule has 0 N–H and O–H groups in total. The molecule has 1 aliphatic heterocycles. The molecule has 118 valence electrons. The van der Waals surface area contributed by atoms with Crippen LogP contribution in [0.15, 0.2) is 0 Å². The molecule has 1 aliphatic rings. The third-order valence-electron chi connectivity index (χ3n) is 3.69. The summed E-state index contributed by atoms with van der Waals surface area (Å²) >= 11 is 0. The van der Waals surface area contributed by atoms with E-state index in [1.165, 1.54) is 45.2 Å². The van der Waals surface area contributed by atoms with Gasteiger partial charge in [0.1, 0.15) is 12.1 Å². The molecule has 0 aromatic rings. The molecule has 2 heteroatoms. The summed E-state index contributed by atoms with van der Waals surface area (Å²) in [5.74, 6) is 0. The van der Waals surface area contributed by atoms with Crippen molar-refractivity contribution in [3.05, 3.63) is 0 Å². The summed E-state index contributed by atoms with van der Waals surface area (Å²) in [5.41, 5.74) is 0.192. The van der Waals surface area contributed by atoms with Gasteiger partial charge in [-0.3, -0.25) is 0 Å². The van der Waals surface area contributed by atoms with Gasteiger partial charge in [0.15, 0.2) is 0 Å². The number of hydrogen-bond donors (Lipinski definition) is 0. The Morgan fingerprint density at radius 1 is 1.00 bits per heavy atom. The van der Waals surface area contributed by atoms with Crippen molar-refractivity contribution >= 4 is 0 Å². The third kappa shape index (κ3) is 8.65. The number of rotatable bonds is 6. The van der Waals surface area contributed by atoms with Gasteiger partial charge in [0.2, 0.25) is 0 Å². The molecule has 0 bridgehead atoms. The van der Waals surface area contributed by atoms with E-state index in [4.69, 9.17) is 4.74 Å². The molecule has 19 heavy (non-hydrogen) atoms. The number of likely N-dealkylation sites (tertiary alicyclic amines) is 1. The van der Waals surface area contributed by atoms with Gasteiger partial charge in [-0.25, -0.2) is 0 Å². The van der Waals surface area contributed by atoms with E-state index in [1.54, 1.807) is 0 Å². The van der Waals surface area contributed by atoms with Crippen LogP contribution in [0.4, 0.5) is 0 Å². The first-order chi connectivity index (χ1) is 9.04. The van der Waals surface area contributed by atoms with Gasteiger partial charge in [0, 0.05) is 13.0 Å². The van der Waals surface area contributed by atoms with E-state index in [9.17, 15) is 0 Å². The molecule has 0 aromatic carbocycles. The predicted octanol–water partition coefficient (Wildman–Crippen LogP) is 4.87. The van der Waals surface area contributed by atoms with E-state index in [0.717, 1.165) is 11.1 Å². The zero-order valence-electron chi connectivity index (χ0n) is 15.0. The van der Waals surface area contributed by atoms with Crippen molar-refractivity contribution in [2.75, 3.05) is 33.8 Å². The van der Waals surface area contributed by atoms with Crippen molar-refractivity contribution in [1.82, 2.24) is 0 Å². The Balaban J connectivity index is 0. The highest BCUT2D eigenvalue weighted by Crippen LogP contribution is 2.31. The number of nitrogens with zero attached hydrogens (tertiary/aromatic N) is 1. The molecular weight excluding hydrogens is 234 g/mol. The number of ether oxygens (including phenoxy) is 1. The van der Waals surface area contributed by atoms with Crippen LogP contribution in [0.5, 0.6) is 0 Å². The topological polar surface area (TPSA) is 9.23 Å². The minimum atomic E-state index is 0.192. The lowest BCUT2D eigenvalue weighted by Gasteiger charge is -2.30. The van der Waals surface area contributed by atoms with Crippen molar-refractivity contribution in [3.8, 4) is 0 Å². The Kier molecular flexibility index (Phi) is 13.1. The fourth-order valence-electron chi connectivity index (χ4n) is 2.59. The quantitative estimate of drug-likeness (QED) is 0.496. The number of unbranched alkanes of at least 4 members (excludes halogenated alkanes) is 2. The van der Waals surface area contributed by atoms with Crippen LogP contribution in [0, 0.1) is 0 Å². The van der Waals surface area contributed by atoms with E-state index < -0.39 is 0 Å². The minimum absolute atomic E-state index is 0.192. The van der Waals surface area contributed by atoms with Crippen molar-refractivity contribution in [1.29, 1.82) is 0 Å². The van der Waals surface area contributed by atoms with Crippen molar-refractivity contribution < 1.29 is 9.22 Å². The Morgan fingerprint density at radius 3 is 1.95 bits per heavy atom. The Labute approximate surface area is 123 Å². The summed E-state index contributed by atoms with van der Waals surface area (Å²) in [6, 6.07) is 0. The Hall–Kier alpha value is -0.0800. The van der Waals surface area contributed by atoms with Gasteiger partial charge < -0.3 is 9.22 Å². The summed E-state index contributed by atoms with van der Waals surface area (Å²) in [6.07, 6.45) is 6.22. The van der Waals surface area contributed by atoms with E-state index in [0.29, 0.717) is 0 Å². The zero-order valence-corrected chi connectivity index (χ0v) is 15.0. The largest absolute Gasteiger partial charge is 0.369 e. The monoisotopic (exact) mass is 274 g/mol. The first kappa shape index (κ1) is 21.2. The lowest BCUT2D eigenvalue weighted by atomic mass is 9.99. The van der Waals surface area contributed by atoms with E-state index in [-0.39, 0.29) is 5.60 Å². The van der Waals surface area contributed by atoms with Crippen LogP contribution in [0.25, 0.3) is 0 Å². The van der Waals surface area contributed by atoms with Crippen LogP contribution in [-0.2, 0) is 4.74 Å². The maximum atomic E-state index is 6.16. The molecule has 0 amide bonds. The maximum absolute atomic E-state index is 6.16. The van der Waals surface area contributed by atoms with Crippen LogP contribution in [-0.4, -0.2) is 43.9 Å². The van der Waals surface area contributed by atoms with Crippen molar-refractivity contribution in [3.63, 3.8) is 0 Å². The number of quaternary nitrogens is 1. The van der Waals surface area contributed by atoms with E-state index >= 15 is 0 Å².